The molecular formula is C26H20N2O5. The molecule has 0 radical (unpaired) electrons. The number of ether oxygens (including phenoxy) is 2. The number of carbonyl (C=O) groups is 1. The molecule has 4 aromatic rings. The van der Waals surface area contributed by atoms with Crippen LogP contribution in [0.1, 0.15) is 44.5 Å². The van der Waals surface area contributed by atoms with Gasteiger partial charge in [0.1, 0.15) is 34.5 Å². The summed E-state index contributed by atoms with van der Waals surface area (Å²) in [6, 6.07) is 14.5. The van der Waals surface area contributed by atoms with E-state index in [0.29, 0.717) is 22.7 Å². The molecule has 0 amide bonds. The van der Waals surface area contributed by atoms with Gasteiger partial charge in [0.2, 0.25) is 11.6 Å². The summed E-state index contributed by atoms with van der Waals surface area (Å²) in [6.45, 7) is 5.80. The molecule has 3 heterocycles. The lowest BCUT2D eigenvalue weighted by molar-refractivity contribution is 0.0702. The van der Waals surface area contributed by atoms with Crippen LogP contribution in [0.15, 0.2) is 69.0 Å². The minimum atomic E-state index is -0.611. The smallest absolute Gasteiger partial charge is 0.379 e. The van der Waals surface area contributed by atoms with Crippen molar-refractivity contribution in [2.45, 2.75) is 26.7 Å². The fraction of sp³-hybridized carbons (Fsp3) is 0.154. The average molecular weight is 440 g/mol. The molecule has 1 unspecified atom stereocenters. The fourth-order valence-corrected chi connectivity index (χ4v) is 4.38. The monoisotopic (exact) mass is 440 g/mol. The molecular weight excluding hydrogens is 420 g/mol. The molecule has 0 saturated carbocycles. The number of allylic oxidation sites excluding steroid dienone is 1. The molecule has 1 aliphatic rings. The highest BCUT2D eigenvalue weighted by molar-refractivity contribution is 5.98. The fourth-order valence-electron chi connectivity index (χ4n) is 4.38. The number of hydrogen-bond acceptors (Lipinski definition) is 7. The van der Waals surface area contributed by atoms with Crippen molar-refractivity contribution >= 4 is 16.9 Å². The van der Waals surface area contributed by atoms with Crippen LogP contribution in [-0.4, -0.2) is 5.97 Å². The van der Waals surface area contributed by atoms with Gasteiger partial charge in [0.05, 0.1) is 12.2 Å². The van der Waals surface area contributed by atoms with Crippen LogP contribution in [0.25, 0.3) is 11.0 Å². The van der Waals surface area contributed by atoms with Crippen molar-refractivity contribution in [2.75, 3.05) is 0 Å². The number of furan rings is 2. The van der Waals surface area contributed by atoms with E-state index < -0.39 is 11.9 Å². The van der Waals surface area contributed by atoms with Crippen molar-refractivity contribution in [1.82, 2.24) is 0 Å². The van der Waals surface area contributed by atoms with E-state index in [9.17, 15) is 10.1 Å². The van der Waals surface area contributed by atoms with Crippen molar-refractivity contribution in [3.63, 3.8) is 0 Å². The first-order valence-corrected chi connectivity index (χ1v) is 10.3. The molecule has 1 aliphatic heterocycles. The molecule has 7 heteroatoms. The van der Waals surface area contributed by atoms with Gasteiger partial charge in [-0.1, -0.05) is 12.1 Å². The Morgan fingerprint density at radius 2 is 1.97 bits per heavy atom. The Balaban J connectivity index is 1.49. The predicted octanol–water partition coefficient (Wildman–Crippen LogP) is 5.39. The van der Waals surface area contributed by atoms with Gasteiger partial charge in [-0.15, -0.1) is 0 Å². The first-order valence-electron chi connectivity index (χ1n) is 10.3. The summed E-state index contributed by atoms with van der Waals surface area (Å²) >= 11 is 0. The maximum atomic E-state index is 12.9. The summed E-state index contributed by atoms with van der Waals surface area (Å²) in [5.74, 6) is 0.213. The van der Waals surface area contributed by atoms with Crippen molar-refractivity contribution in [1.29, 1.82) is 5.26 Å². The topological polar surface area (TPSA) is 112 Å². The van der Waals surface area contributed by atoms with Crippen LogP contribution in [0.4, 0.5) is 0 Å². The van der Waals surface area contributed by atoms with E-state index in [1.807, 2.05) is 32.9 Å². The van der Waals surface area contributed by atoms with Crippen LogP contribution in [0, 0.1) is 32.1 Å². The SMILES string of the molecule is Cc1cc(C)c2c(C)c(C(=O)Oc3ccc4c(c3)OC(N)=C(C#N)C4c3ccco3)oc2c1. The zero-order valence-corrected chi connectivity index (χ0v) is 18.3. The molecule has 0 spiro atoms. The highest BCUT2D eigenvalue weighted by Gasteiger charge is 2.33. The molecule has 5 rings (SSSR count). The molecule has 2 N–H and O–H groups in total. The van der Waals surface area contributed by atoms with Crippen molar-refractivity contribution in [2.24, 2.45) is 5.73 Å². The van der Waals surface area contributed by atoms with Crippen molar-refractivity contribution in [3.8, 4) is 17.6 Å². The summed E-state index contributed by atoms with van der Waals surface area (Å²) in [7, 11) is 0. The zero-order valence-electron chi connectivity index (χ0n) is 18.3. The second kappa shape index (κ2) is 7.61. The quantitative estimate of drug-likeness (QED) is 0.336. The largest absolute Gasteiger partial charge is 0.468 e. The molecule has 164 valence electrons. The number of rotatable bonds is 3. The lowest BCUT2D eigenvalue weighted by Gasteiger charge is -2.25. The molecule has 2 aromatic heterocycles. The third kappa shape index (κ3) is 3.33. The normalized spacial score (nSPS) is 15.2. The lowest BCUT2D eigenvalue weighted by atomic mass is 9.87. The maximum absolute atomic E-state index is 12.9. The first kappa shape index (κ1) is 20.5. The van der Waals surface area contributed by atoms with Crippen LogP contribution in [0.2, 0.25) is 0 Å². The third-order valence-electron chi connectivity index (χ3n) is 5.79. The average Bonchev–Trinajstić information content (AvgIpc) is 3.40. The molecule has 1 atom stereocenters. The number of benzene rings is 2. The van der Waals surface area contributed by atoms with Gasteiger partial charge < -0.3 is 24.0 Å². The number of hydrogen-bond donors (Lipinski definition) is 1. The number of carbonyl (C=O) groups excluding carboxylic acids is 1. The summed E-state index contributed by atoms with van der Waals surface area (Å²) in [5, 5.41) is 10.5. The summed E-state index contributed by atoms with van der Waals surface area (Å²) < 4.78 is 22.6. The number of fused-ring (bicyclic) bond motifs is 2. The van der Waals surface area contributed by atoms with E-state index in [4.69, 9.17) is 24.0 Å². The van der Waals surface area contributed by atoms with Gasteiger partial charge in [0, 0.05) is 22.6 Å². The number of nitrogens with zero attached hydrogens (tertiary/aromatic N) is 1. The van der Waals surface area contributed by atoms with Crippen molar-refractivity contribution in [3.05, 3.63) is 94.0 Å². The van der Waals surface area contributed by atoms with E-state index in [1.165, 1.54) is 6.26 Å². The molecule has 33 heavy (non-hydrogen) atoms. The van der Waals surface area contributed by atoms with E-state index in [2.05, 4.69) is 6.07 Å². The van der Waals surface area contributed by atoms with Gasteiger partial charge in [0.25, 0.3) is 0 Å². The standard InChI is InChI=1S/C26H20N2O5/c1-13-9-14(2)22-15(3)24(32-21(22)10-13)26(29)31-16-6-7-17-20(11-16)33-25(28)18(12-27)23(17)19-5-4-8-30-19/h4-11,23H,28H2,1-3H3. The van der Waals surface area contributed by atoms with E-state index >= 15 is 0 Å². The first-order chi connectivity index (χ1) is 15.9. The van der Waals surface area contributed by atoms with Crippen molar-refractivity contribution < 1.29 is 23.1 Å². The van der Waals surface area contributed by atoms with Gasteiger partial charge >= 0.3 is 5.97 Å². The molecule has 2 aromatic carbocycles. The minimum Gasteiger partial charge on any atom is -0.468 e. The second-order valence-electron chi connectivity index (χ2n) is 8.04. The molecule has 0 bridgehead atoms. The second-order valence-corrected chi connectivity index (χ2v) is 8.04. The van der Waals surface area contributed by atoms with E-state index in [1.54, 1.807) is 30.3 Å². The van der Waals surface area contributed by atoms with Gasteiger partial charge in [-0.05, 0) is 56.2 Å². The van der Waals surface area contributed by atoms with Gasteiger partial charge in [0.15, 0.2) is 0 Å². The summed E-state index contributed by atoms with van der Waals surface area (Å²) in [4.78, 5) is 12.9. The van der Waals surface area contributed by atoms with Gasteiger partial charge in [-0.25, -0.2) is 4.79 Å². The Labute approximate surface area is 189 Å². The molecule has 0 fully saturated rings. The predicted molar refractivity (Wildman–Crippen MR) is 120 cm³/mol. The zero-order chi connectivity index (χ0) is 23.3. The lowest BCUT2D eigenvalue weighted by Crippen LogP contribution is -2.21. The van der Waals surface area contributed by atoms with Crippen LogP contribution < -0.4 is 15.2 Å². The Bertz CT molecular complexity index is 1490. The van der Waals surface area contributed by atoms with Crippen LogP contribution >= 0.6 is 0 Å². The number of nitrogens with two attached hydrogens (primary N) is 1. The number of aryl methyl sites for hydroxylation is 3. The highest BCUT2D eigenvalue weighted by atomic mass is 16.5. The molecule has 7 nitrogen and oxygen atoms in total. The Morgan fingerprint density at radius 1 is 1.15 bits per heavy atom. The molecule has 0 saturated heterocycles. The number of esters is 1. The van der Waals surface area contributed by atoms with E-state index in [-0.39, 0.29) is 23.0 Å². The molecule has 0 aliphatic carbocycles. The number of nitriles is 1. The maximum Gasteiger partial charge on any atom is 0.379 e. The summed E-state index contributed by atoms with van der Waals surface area (Å²) in [6.07, 6.45) is 1.53. The third-order valence-corrected chi connectivity index (χ3v) is 5.79. The Hall–Kier alpha value is -4.44. The van der Waals surface area contributed by atoms with Crippen LogP contribution in [0.5, 0.6) is 11.5 Å². The van der Waals surface area contributed by atoms with Crippen LogP contribution in [-0.2, 0) is 0 Å². The summed E-state index contributed by atoms with van der Waals surface area (Å²) in [5.41, 5.74) is 10.4. The minimum absolute atomic E-state index is 0.0196. The Morgan fingerprint density at radius 3 is 2.70 bits per heavy atom. The Kier molecular flexibility index (Phi) is 4.72. The van der Waals surface area contributed by atoms with E-state index in [0.717, 1.165) is 22.1 Å². The highest BCUT2D eigenvalue weighted by Crippen LogP contribution is 2.43. The van der Waals surface area contributed by atoms with Crippen LogP contribution in [0.3, 0.4) is 0 Å². The van der Waals surface area contributed by atoms with Gasteiger partial charge in [-0.3, -0.25) is 0 Å². The van der Waals surface area contributed by atoms with Gasteiger partial charge in [-0.2, -0.15) is 5.26 Å².